The van der Waals surface area contributed by atoms with Crippen LogP contribution in [0.2, 0.25) is 0 Å². The van der Waals surface area contributed by atoms with E-state index >= 15 is 0 Å². The Hall–Kier alpha value is -1.22. The quantitative estimate of drug-likeness (QED) is 0.356. The van der Waals surface area contributed by atoms with E-state index in [2.05, 4.69) is 5.32 Å². The molecule has 0 spiro atoms. The minimum Gasteiger partial charge on any atom is -0.479 e. The fraction of sp³-hybridized carbons (Fsp3) is 0.800. The third-order valence-electron chi connectivity index (χ3n) is 2.88. The van der Waals surface area contributed by atoms with Gasteiger partial charge < -0.3 is 30.5 Å². The summed E-state index contributed by atoms with van der Waals surface area (Å²) in [6.07, 6.45) is -1.51. The Bertz CT molecular complexity index is 307. The van der Waals surface area contributed by atoms with Gasteiger partial charge in [0.2, 0.25) is 5.91 Å². The van der Waals surface area contributed by atoms with Crippen molar-refractivity contribution in [2.24, 2.45) is 0 Å². The SMILES string of the molecule is O=C(O)C1CCC(C(=O)NC(CO)(CO)CO)O1. The average molecular weight is 263 g/mol. The van der Waals surface area contributed by atoms with Gasteiger partial charge in [0.1, 0.15) is 11.6 Å². The van der Waals surface area contributed by atoms with E-state index in [0.717, 1.165) is 0 Å². The summed E-state index contributed by atoms with van der Waals surface area (Å²) in [6.45, 7) is -1.91. The molecule has 1 fully saturated rings. The number of carbonyl (C=O) groups is 2. The molecular formula is C10H17NO7. The minimum atomic E-state index is -1.53. The van der Waals surface area contributed by atoms with E-state index in [0.29, 0.717) is 0 Å². The first-order chi connectivity index (χ1) is 8.48. The summed E-state index contributed by atoms with van der Waals surface area (Å²) in [7, 11) is 0. The molecule has 18 heavy (non-hydrogen) atoms. The molecule has 0 radical (unpaired) electrons. The van der Waals surface area contributed by atoms with E-state index in [-0.39, 0.29) is 12.8 Å². The summed E-state index contributed by atoms with van der Waals surface area (Å²) < 4.78 is 5.01. The van der Waals surface area contributed by atoms with Crippen molar-refractivity contribution in [3.63, 3.8) is 0 Å². The van der Waals surface area contributed by atoms with Gasteiger partial charge in [0.05, 0.1) is 19.8 Å². The van der Waals surface area contributed by atoms with Gasteiger partial charge in [-0.25, -0.2) is 4.79 Å². The van der Waals surface area contributed by atoms with Crippen molar-refractivity contribution in [1.29, 1.82) is 0 Å². The number of carboxylic acids is 1. The Kier molecular flexibility index (Phi) is 5.03. The van der Waals surface area contributed by atoms with Crippen LogP contribution < -0.4 is 5.32 Å². The summed E-state index contributed by atoms with van der Waals surface area (Å²) in [5.41, 5.74) is -1.53. The van der Waals surface area contributed by atoms with Crippen molar-refractivity contribution in [2.45, 2.75) is 30.6 Å². The number of aliphatic carboxylic acids is 1. The number of carboxylic acid groups (broad SMARTS) is 1. The molecule has 1 aliphatic rings. The zero-order valence-electron chi connectivity index (χ0n) is 9.70. The highest BCUT2D eigenvalue weighted by molar-refractivity contribution is 5.83. The van der Waals surface area contributed by atoms with Gasteiger partial charge in [-0.1, -0.05) is 0 Å². The van der Waals surface area contributed by atoms with Gasteiger partial charge in [-0.3, -0.25) is 4.79 Å². The van der Waals surface area contributed by atoms with Crippen LogP contribution in [-0.2, 0) is 14.3 Å². The first-order valence-electron chi connectivity index (χ1n) is 5.51. The van der Waals surface area contributed by atoms with E-state index < -0.39 is 49.4 Å². The summed E-state index contributed by atoms with van der Waals surface area (Å²) >= 11 is 0. The van der Waals surface area contributed by atoms with Crippen molar-refractivity contribution < 1.29 is 34.8 Å². The summed E-state index contributed by atoms with van der Waals surface area (Å²) in [5, 5.41) is 38.1. The predicted octanol–water partition coefficient (Wildman–Crippen LogP) is -2.55. The Labute approximate surface area is 103 Å². The second kappa shape index (κ2) is 6.10. The molecule has 0 aromatic heterocycles. The van der Waals surface area contributed by atoms with Gasteiger partial charge in [0, 0.05) is 0 Å². The fourth-order valence-corrected chi connectivity index (χ4v) is 1.62. The number of rotatable bonds is 6. The number of carbonyl (C=O) groups excluding carboxylic acids is 1. The number of nitrogens with one attached hydrogen (secondary N) is 1. The lowest BCUT2D eigenvalue weighted by molar-refractivity contribution is -0.152. The lowest BCUT2D eigenvalue weighted by Gasteiger charge is -2.29. The molecule has 0 bridgehead atoms. The lowest BCUT2D eigenvalue weighted by atomic mass is 10.0. The molecule has 2 atom stereocenters. The first-order valence-corrected chi connectivity index (χ1v) is 5.51. The molecule has 0 aromatic rings. The van der Waals surface area contributed by atoms with E-state index in [9.17, 15) is 9.59 Å². The van der Waals surface area contributed by atoms with Crippen molar-refractivity contribution in [3.8, 4) is 0 Å². The molecule has 1 saturated heterocycles. The zero-order chi connectivity index (χ0) is 13.8. The number of ether oxygens (including phenoxy) is 1. The predicted molar refractivity (Wildman–Crippen MR) is 57.7 cm³/mol. The zero-order valence-corrected chi connectivity index (χ0v) is 9.70. The van der Waals surface area contributed by atoms with E-state index in [4.69, 9.17) is 25.2 Å². The van der Waals surface area contributed by atoms with E-state index in [1.165, 1.54) is 0 Å². The van der Waals surface area contributed by atoms with Crippen LogP contribution >= 0.6 is 0 Å². The minimum absolute atomic E-state index is 0.220. The Morgan fingerprint density at radius 3 is 2.00 bits per heavy atom. The fourth-order valence-electron chi connectivity index (χ4n) is 1.62. The lowest BCUT2D eigenvalue weighted by Crippen LogP contribution is -2.59. The molecule has 0 saturated carbocycles. The smallest absolute Gasteiger partial charge is 0.332 e. The first kappa shape index (κ1) is 14.8. The number of hydrogen-bond donors (Lipinski definition) is 5. The van der Waals surface area contributed by atoms with Gasteiger partial charge in [-0.15, -0.1) is 0 Å². The Morgan fingerprint density at radius 2 is 1.61 bits per heavy atom. The molecule has 5 N–H and O–H groups in total. The Morgan fingerprint density at radius 1 is 1.11 bits per heavy atom. The number of aliphatic hydroxyl groups excluding tert-OH is 3. The molecule has 104 valence electrons. The normalized spacial score (nSPS) is 23.9. The van der Waals surface area contributed by atoms with Gasteiger partial charge in [0.15, 0.2) is 6.10 Å². The highest BCUT2D eigenvalue weighted by Crippen LogP contribution is 2.20. The van der Waals surface area contributed by atoms with Crippen LogP contribution in [0.5, 0.6) is 0 Å². The summed E-state index contributed by atoms with van der Waals surface area (Å²) in [4.78, 5) is 22.4. The maximum Gasteiger partial charge on any atom is 0.332 e. The van der Waals surface area contributed by atoms with Crippen LogP contribution in [0, 0.1) is 0 Å². The van der Waals surface area contributed by atoms with Crippen molar-refractivity contribution in [1.82, 2.24) is 5.32 Å². The molecule has 1 amide bonds. The number of hydrogen-bond acceptors (Lipinski definition) is 6. The second-order valence-electron chi connectivity index (χ2n) is 4.27. The van der Waals surface area contributed by atoms with Gasteiger partial charge >= 0.3 is 5.97 Å². The van der Waals surface area contributed by atoms with Crippen molar-refractivity contribution in [2.75, 3.05) is 19.8 Å². The highest BCUT2D eigenvalue weighted by Gasteiger charge is 2.38. The summed E-state index contributed by atoms with van der Waals surface area (Å²) in [6, 6.07) is 0. The standard InChI is InChI=1S/C10H17NO7/c12-3-10(4-13,5-14)11-8(15)6-1-2-7(18-6)9(16)17/h6-7,12-14H,1-5H2,(H,11,15)(H,16,17). The Balaban J connectivity index is 2.58. The number of amides is 1. The summed E-state index contributed by atoms with van der Waals surface area (Å²) in [5.74, 6) is -1.79. The maximum atomic E-state index is 11.7. The maximum absolute atomic E-state index is 11.7. The van der Waals surface area contributed by atoms with Crippen LogP contribution in [0.25, 0.3) is 0 Å². The molecule has 8 nitrogen and oxygen atoms in total. The van der Waals surface area contributed by atoms with Crippen LogP contribution in [0.15, 0.2) is 0 Å². The highest BCUT2D eigenvalue weighted by atomic mass is 16.5. The third kappa shape index (κ3) is 3.16. The second-order valence-corrected chi connectivity index (χ2v) is 4.27. The van der Waals surface area contributed by atoms with Crippen LogP contribution in [0.1, 0.15) is 12.8 Å². The molecule has 1 rings (SSSR count). The molecule has 0 aromatic carbocycles. The van der Waals surface area contributed by atoms with Crippen LogP contribution in [-0.4, -0.2) is 69.9 Å². The van der Waals surface area contributed by atoms with E-state index in [1.807, 2.05) is 0 Å². The van der Waals surface area contributed by atoms with Gasteiger partial charge in [-0.05, 0) is 12.8 Å². The van der Waals surface area contributed by atoms with E-state index in [1.54, 1.807) is 0 Å². The molecule has 8 heteroatoms. The largest absolute Gasteiger partial charge is 0.479 e. The topological polar surface area (TPSA) is 136 Å². The molecule has 1 aliphatic heterocycles. The third-order valence-corrected chi connectivity index (χ3v) is 2.88. The van der Waals surface area contributed by atoms with Gasteiger partial charge in [-0.2, -0.15) is 0 Å². The average Bonchev–Trinajstić information content (AvgIpc) is 2.86. The molecule has 2 unspecified atom stereocenters. The van der Waals surface area contributed by atoms with Crippen molar-refractivity contribution >= 4 is 11.9 Å². The molecule has 1 heterocycles. The molecule has 0 aliphatic carbocycles. The van der Waals surface area contributed by atoms with Crippen LogP contribution in [0.4, 0.5) is 0 Å². The number of aliphatic hydroxyl groups is 3. The van der Waals surface area contributed by atoms with Crippen molar-refractivity contribution in [3.05, 3.63) is 0 Å². The van der Waals surface area contributed by atoms with Crippen LogP contribution in [0.3, 0.4) is 0 Å². The monoisotopic (exact) mass is 263 g/mol. The molecular weight excluding hydrogens is 246 g/mol. The van der Waals surface area contributed by atoms with Gasteiger partial charge in [0.25, 0.3) is 0 Å².